The number of hydrogen-bond acceptors (Lipinski definition) is 2. The minimum atomic E-state index is 0.109. The lowest BCUT2D eigenvalue weighted by Crippen LogP contribution is -2.35. The van der Waals surface area contributed by atoms with Gasteiger partial charge in [-0.3, -0.25) is 4.79 Å². The Labute approximate surface area is 90.6 Å². The van der Waals surface area contributed by atoms with Gasteiger partial charge in [-0.2, -0.15) is 0 Å². The SMILES string of the molecule is CC(CN(C)C(=O)CC1CC1)C(N)=S. The number of thiocarbonyl (C=S) groups is 1. The molecule has 0 aromatic rings. The first-order valence-corrected chi connectivity index (χ1v) is 5.44. The van der Waals surface area contributed by atoms with E-state index in [1.165, 1.54) is 12.8 Å². The predicted octanol–water partition coefficient (Wildman–Crippen LogP) is 1.17. The van der Waals surface area contributed by atoms with Gasteiger partial charge < -0.3 is 10.6 Å². The zero-order valence-electron chi connectivity index (χ0n) is 8.82. The van der Waals surface area contributed by atoms with Gasteiger partial charge in [-0.25, -0.2) is 0 Å². The molecule has 14 heavy (non-hydrogen) atoms. The van der Waals surface area contributed by atoms with E-state index in [2.05, 4.69) is 0 Å². The quantitative estimate of drug-likeness (QED) is 0.699. The van der Waals surface area contributed by atoms with Crippen molar-refractivity contribution in [3.63, 3.8) is 0 Å². The summed E-state index contributed by atoms with van der Waals surface area (Å²) in [6, 6.07) is 0. The van der Waals surface area contributed by atoms with Crippen molar-refractivity contribution in [3.8, 4) is 0 Å². The summed E-state index contributed by atoms with van der Waals surface area (Å²) in [5.41, 5.74) is 5.49. The summed E-state index contributed by atoms with van der Waals surface area (Å²) < 4.78 is 0. The fourth-order valence-corrected chi connectivity index (χ4v) is 1.40. The molecule has 0 aliphatic heterocycles. The fraction of sp³-hybridized carbons (Fsp3) is 0.800. The highest BCUT2D eigenvalue weighted by atomic mass is 32.1. The highest BCUT2D eigenvalue weighted by Gasteiger charge is 2.26. The molecule has 80 valence electrons. The minimum absolute atomic E-state index is 0.109. The number of carbonyl (C=O) groups is 1. The molecule has 1 aliphatic carbocycles. The smallest absolute Gasteiger partial charge is 0.222 e. The molecule has 1 unspecified atom stereocenters. The van der Waals surface area contributed by atoms with E-state index in [1.54, 1.807) is 4.90 Å². The van der Waals surface area contributed by atoms with Crippen molar-refractivity contribution in [1.82, 2.24) is 4.90 Å². The van der Waals surface area contributed by atoms with Crippen LogP contribution in [-0.4, -0.2) is 29.4 Å². The molecule has 3 nitrogen and oxygen atoms in total. The van der Waals surface area contributed by atoms with E-state index >= 15 is 0 Å². The van der Waals surface area contributed by atoms with E-state index in [1.807, 2.05) is 14.0 Å². The Morgan fingerprint density at radius 2 is 2.21 bits per heavy atom. The Hall–Kier alpha value is -0.640. The van der Waals surface area contributed by atoms with Gasteiger partial charge in [0.15, 0.2) is 0 Å². The average molecular weight is 214 g/mol. The maximum atomic E-state index is 11.6. The topological polar surface area (TPSA) is 46.3 Å². The molecule has 0 bridgehead atoms. The van der Waals surface area contributed by atoms with Crippen LogP contribution in [0.4, 0.5) is 0 Å². The van der Waals surface area contributed by atoms with Crippen LogP contribution in [0.2, 0.25) is 0 Å². The van der Waals surface area contributed by atoms with Crippen LogP contribution in [-0.2, 0) is 4.79 Å². The monoisotopic (exact) mass is 214 g/mol. The first-order chi connectivity index (χ1) is 6.50. The molecule has 0 radical (unpaired) electrons. The van der Waals surface area contributed by atoms with E-state index in [-0.39, 0.29) is 11.8 Å². The van der Waals surface area contributed by atoms with E-state index < -0.39 is 0 Å². The minimum Gasteiger partial charge on any atom is -0.393 e. The second-order valence-corrected chi connectivity index (χ2v) is 4.70. The Balaban J connectivity index is 2.28. The molecule has 0 heterocycles. The molecule has 1 saturated carbocycles. The van der Waals surface area contributed by atoms with E-state index in [4.69, 9.17) is 18.0 Å². The van der Waals surface area contributed by atoms with E-state index in [0.717, 1.165) is 0 Å². The number of rotatable bonds is 5. The zero-order chi connectivity index (χ0) is 10.7. The predicted molar refractivity (Wildman–Crippen MR) is 60.9 cm³/mol. The number of amides is 1. The second-order valence-electron chi connectivity index (χ2n) is 4.23. The van der Waals surface area contributed by atoms with Gasteiger partial charge in [0.05, 0.1) is 4.99 Å². The summed E-state index contributed by atoms with van der Waals surface area (Å²) in [4.78, 5) is 13.8. The molecule has 1 amide bonds. The molecule has 0 saturated heterocycles. The zero-order valence-corrected chi connectivity index (χ0v) is 9.64. The highest BCUT2D eigenvalue weighted by Crippen LogP contribution is 2.32. The van der Waals surface area contributed by atoms with Crippen LogP contribution in [0.25, 0.3) is 0 Å². The molecule has 0 spiro atoms. The molecular weight excluding hydrogens is 196 g/mol. The van der Waals surface area contributed by atoms with Crippen LogP contribution in [0, 0.1) is 11.8 Å². The van der Waals surface area contributed by atoms with Crippen LogP contribution >= 0.6 is 12.2 Å². The van der Waals surface area contributed by atoms with Crippen LogP contribution < -0.4 is 5.73 Å². The molecule has 4 heteroatoms. The Morgan fingerprint density at radius 1 is 1.64 bits per heavy atom. The van der Waals surface area contributed by atoms with Crippen LogP contribution in [0.3, 0.4) is 0 Å². The summed E-state index contributed by atoms with van der Waals surface area (Å²) >= 11 is 4.86. The maximum Gasteiger partial charge on any atom is 0.222 e. The van der Waals surface area contributed by atoms with Crippen molar-refractivity contribution in [2.75, 3.05) is 13.6 Å². The van der Waals surface area contributed by atoms with Crippen LogP contribution in [0.15, 0.2) is 0 Å². The molecule has 0 aromatic heterocycles. The Morgan fingerprint density at radius 3 is 2.64 bits per heavy atom. The molecule has 1 fully saturated rings. The van der Waals surface area contributed by atoms with Gasteiger partial charge in [-0.15, -0.1) is 0 Å². The number of nitrogens with zero attached hydrogens (tertiary/aromatic N) is 1. The van der Waals surface area contributed by atoms with Crippen molar-refractivity contribution in [3.05, 3.63) is 0 Å². The van der Waals surface area contributed by atoms with Gasteiger partial charge in [0.2, 0.25) is 5.91 Å². The lowest BCUT2D eigenvalue weighted by molar-refractivity contribution is -0.130. The number of nitrogens with two attached hydrogens (primary N) is 1. The lowest BCUT2D eigenvalue weighted by atomic mass is 10.1. The lowest BCUT2D eigenvalue weighted by Gasteiger charge is -2.20. The molecule has 0 aromatic carbocycles. The van der Waals surface area contributed by atoms with Gasteiger partial charge >= 0.3 is 0 Å². The highest BCUT2D eigenvalue weighted by molar-refractivity contribution is 7.80. The van der Waals surface area contributed by atoms with E-state index in [9.17, 15) is 4.79 Å². The molecule has 1 atom stereocenters. The first kappa shape index (κ1) is 11.4. The fourth-order valence-electron chi connectivity index (χ4n) is 1.33. The Bertz CT molecular complexity index is 238. The van der Waals surface area contributed by atoms with Gasteiger partial charge in [0, 0.05) is 25.9 Å². The summed E-state index contributed by atoms with van der Waals surface area (Å²) in [5, 5.41) is 0. The third-order valence-electron chi connectivity index (χ3n) is 2.62. The van der Waals surface area contributed by atoms with Crippen molar-refractivity contribution in [2.45, 2.75) is 26.2 Å². The third kappa shape index (κ3) is 3.62. The van der Waals surface area contributed by atoms with Crippen molar-refractivity contribution in [1.29, 1.82) is 0 Å². The molecular formula is C10H18N2OS. The molecule has 2 N–H and O–H groups in total. The first-order valence-electron chi connectivity index (χ1n) is 5.04. The van der Waals surface area contributed by atoms with Gasteiger partial charge in [-0.1, -0.05) is 19.1 Å². The average Bonchev–Trinajstić information content (AvgIpc) is 2.87. The summed E-state index contributed by atoms with van der Waals surface area (Å²) in [6.07, 6.45) is 3.12. The number of hydrogen-bond donors (Lipinski definition) is 1. The summed E-state index contributed by atoms with van der Waals surface area (Å²) in [7, 11) is 1.82. The second kappa shape index (κ2) is 4.73. The standard InChI is InChI=1S/C10H18N2OS/c1-7(10(11)14)6-12(2)9(13)5-8-3-4-8/h7-8H,3-6H2,1-2H3,(H2,11,14). The van der Waals surface area contributed by atoms with Crippen LogP contribution in [0.5, 0.6) is 0 Å². The Kier molecular flexibility index (Phi) is 3.86. The largest absolute Gasteiger partial charge is 0.393 e. The summed E-state index contributed by atoms with van der Waals surface area (Å²) in [5.74, 6) is 0.971. The maximum absolute atomic E-state index is 11.6. The van der Waals surface area contributed by atoms with Crippen LogP contribution in [0.1, 0.15) is 26.2 Å². The van der Waals surface area contributed by atoms with E-state index in [0.29, 0.717) is 23.9 Å². The van der Waals surface area contributed by atoms with Crippen molar-refractivity contribution < 1.29 is 4.79 Å². The molecule has 1 rings (SSSR count). The van der Waals surface area contributed by atoms with Crippen molar-refractivity contribution in [2.24, 2.45) is 17.6 Å². The van der Waals surface area contributed by atoms with Gasteiger partial charge in [0.1, 0.15) is 0 Å². The summed E-state index contributed by atoms with van der Waals surface area (Å²) in [6.45, 7) is 2.59. The molecule has 1 aliphatic rings. The van der Waals surface area contributed by atoms with Crippen molar-refractivity contribution >= 4 is 23.1 Å². The van der Waals surface area contributed by atoms with Gasteiger partial charge in [0.25, 0.3) is 0 Å². The van der Waals surface area contributed by atoms with Gasteiger partial charge in [-0.05, 0) is 18.8 Å². The number of carbonyl (C=O) groups excluding carboxylic acids is 1. The third-order valence-corrected chi connectivity index (χ3v) is 3.02. The normalized spacial score (nSPS) is 17.6.